The fourth-order valence-electron chi connectivity index (χ4n) is 3.40. The first-order valence-electron chi connectivity index (χ1n) is 8.49. The number of nitrogens with zero attached hydrogens (tertiary/aromatic N) is 2. The van der Waals surface area contributed by atoms with Crippen LogP contribution in [0.25, 0.3) is 21.0 Å². The van der Waals surface area contributed by atoms with Crippen LogP contribution in [-0.2, 0) is 4.79 Å². The van der Waals surface area contributed by atoms with Gasteiger partial charge >= 0.3 is 5.97 Å². The van der Waals surface area contributed by atoms with Gasteiger partial charge in [-0.3, -0.25) is 9.59 Å². The van der Waals surface area contributed by atoms with Gasteiger partial charge in [0.15, 0.2) is 16.5 Å². The van der Waals surface area contributed by atoms with E-state index in [-0.39, 0.29) is 24.1 Å². The fraction of sp³-hybridized carbons (Fsp3) is 0.316. The van der Waals surface area contributed by atoms with Crippen LogP contribution in [0.15, 0.2) is 40.8 Å². The Labute approximate surface area is 154 Å². The summed E-state index contributed by atoms with van der Waals surface area (Å²) in [4.78, 5) is 30.2. The van der Waals surface area contributed by atoms with Crippen LogP contribution in [0.3, 0.4) is 0 Å². The Morgan fingerprint density at radius 2 is 2.04 bits per heavy atom. The van der Waals surface area contributed by atoms with E-state index in [1.165, 1.54) is 11.3 Å². The van der Waals surface area contributed by atoms with Crippen LogP contribution in [0.5, 0.6) is 0 Å². The van der Waals surface area contributed by atoms with Crippen LogP contribution in [0.1, 0.15) is 23.9 Å². The van der Waals surface area contributed by atoms with E-state index in [0.717, 1.165) is 15.2 Å². The first kappa shape index (κ1) is 16.8. The third-order valence-corrected chi connectivity index (χ3v) is 5.67. The molecule has 2 aromatic heterocycles. The van der Waals surface area contributed by atoms with E-state index in [4.69, 9.17) is 4.42 Å². The number of aliphatic carboxylic acids is 1. The normalized spacial score (nSPS) is 20.4. The summed E-state index contributed by atoms with van der Waals surface area (Å²) in [5.41, 5.74) is 0.894. The molecule has 1 saturated heterocycles. The van der Waals surface area contributed by atoms with Crippen molar-refractivity contribution in [1.82, 2.24) is 9.88 Å². The van der Waals surface area contributed by atoms with Crippen molar-refractivity contribution in [1.29, 1.82) is 0 Å². The van der Waals surface area contributed by atoms with Crippen LogP contribution in [0.2, 0.25) is 0 Å². The Morgan fingerprint density at radius 1 is 1.23 bits per heavy atom. The van der Waals surface area contributed by atoms with E-state index in [2.05, 4.69) is 4.98 Å². The lowest BCUT2D eigenvalue weighted by Crippen LogP contribution is -2.45. The predicted molar refractivity (Wildman–Crippen MR) is 98.1 cm³/mol. The molecule has 26 heavy (non-hydrogen) atoms. The zero-order valence-electron chi connectivity index (χ0n) is 14.2. The minimum atomic E-state index is -0.857. The molecular weight excluding hydrogens is 352 g/mol. The minimum Gasteiger partial charge on any atom is -0.481 e. The summed E-state index contributed by atoms with van der Waals surface area (Å²) in [6, 6.07) is 11.2. The minimum absolute atomic E-state index is 0.146. The summed E-state index contributed by atoms with van der Waals surface area (Å²) in [6.45, 7) is 2.72. The zero-order valence-corrected chi connectivity index (χ0v) is 15.0. The number of amides is 1. The molecule has 134 valence electrons. The molecule has 6 nitrogen and oxygen atoms in total. The lowest BCUT2D eigenvalue weighted by Gasteiger charge is -2.34. The first-order chi connectivity index (χ1) is 12.5. The van der Waals surface area contributed by atoms with Gasteiger partial charge in [0.05, 0.1) is 16.1 Å². The van der Waals surface area contributed by atoms with Gasteiger partial charge in [-0.05, 0) is 36.6 Å². The summed E-state index contributed by atoms with van der Waals surface area (Å²) in [5, 5.41) is 10.0. The molecule has 3 aromatic rings. The number of carboxylic acids is 1. The Hall–Kier alpha value is -2.67. The summed E-state index contributed by atoms with van der Waals surface area (Å²) in [6.07, 6.45) is 0.591. The number of para-hydroxylation sites is 1. The Kier molecular flexibility index (Phi) is 4.24. The Morgan fingerprint density at radius 3 is 2.81 bits per heavy atom. The number of benzene rings is 1. The lowest BCUT2D eigenvalue weighted by atomic mass is 9.90. The number of furan rings is 1. The average Bonchev–Trinajstić information content (AvgIpc) is 3.27. The van der Waals surface area contributed by atoms with Crippen molar-refractivity contribution < 1.29 is 19.1 Å². The number of aromatic nitrogens is 1. The number of thiazole rings is 1. The van der Waals surface area contributed by atoms with Gasteiger partial charge in [-0.25, -0.2) is 4.98 Å². The van der Waals surface area contributed by atoms with Crippen molar-refractivity contribution in [2.75, 3.05) is 13.1 Å². The first-order valence-corrected chi connectivity index (χ1v) is 9.31. The van der Waals surface area contributed by atoms with E-state index in [1.807, 2.05) is 31.2 Å². The van der Waals surface area contributed by atoms with E-state index in [1.54, 1.807) is 17.0 Å². The maximum absolute atomic E-state index is 12.8. The molecule has 2 unspecified atom stereocenters. The molecule has 2 atom stereocenters. The number of piperidine rings is 1. The monoisotopic (exact) mass is 370 g/mol. The molecule has 0 radical (unpaired) electrons. The number of carboxylic acid groups (broad SMARTS) is 1. The van der Waals surface area contributed by atoms with Gasteiger partial charge < -0.3 is 14.4 Å². The molecule has 0 aliphatic carbocycles. The van der Waals surface area contributed by atoms with Crippen molar-refractivity contribution in [3.63, 3.8) is 0 Å². The van der Waals surface area contributed by atoms with Gasteiger partial charge in [0.25, 0.3) is 5.91 Å². The van der Waals surface area contributed by atoms with E-state index in [9.17, 15) is 14.7 Å². The van der Waals surface area contributed by atoms with Gasteiger partial charge in [-0.1, -0.05) is 19.1 Å². The van der Waals surface area contributed by atoms with Crippen LogP contribution in [-0.4, -0.2) is 40.0 Å². The number of rotatable bonds is 3. The fourth-order valence-corrected chi connectivity index (χ4v) is 4.32. The summed E-state index contributed by atoms with van der Waals surface area (Å²) in [5.74, 6) is -0.736. The zero-order chi connectivity index (χ0) is 18.3. The highest BCUT2D eigenvalue weighted by molar-refractivity contribution is 7.21. The molecule has 1 fully saturated rings. The number of carbonyl (C=O) groups is 2. The molecular formula is C19H18N2O4S. The number of hydrogen-bond acceptors (Lipinski definition) is 5. The summed E-state index contributed by atoms with van der Waals surface area (Å²) >= 11 is 1.51. The second-order valence-corrected chi connectivity index (χ2v) is 7.77. The summed E-state index contributed by atoms with van der Waals surface area (Å²) in [7, 11) is 0. The van der Waals surface area contributed by atoms with Gasteiger partial charge in [-0.2, -0.15) is 0 Å². The third-order valence-electron chi connectivity index (χ3n) is 4.62. The van der Waals surface area contributed by atoms with Crippen LogP contribution in [0.4, 0.5) is 0 Å². The van der Waals surface area contributed by atoms with Gasteiger partial charge in [0.1, 0.15) is 0 Å². The van der Waals surface area contributed by atoms with Crippen LogP contribution >= 0.6 is 11.3 Å². The second kappa shape index (κ2) is 6.57. The maximum atomic E-state index is 12.8. The van der Waals surface area contributed by atoms with Gasteiger partial charge in [-0.15, -0.1) is 11.3 Å². The molecule has 3 heterocycles. The quantitative estimate of drug-likeness (QED) is 0.759. The molecule has 7 heteroatoms. The SMILES string of the molecule is CC1CC(C(=O)O)CN(C(=O)c2ccc(-c3nc4ccccc4s3)o2)C1. The molecule has 1 aromatic carbocycles. The Balaban J connectivity index is 1.57. The van der Waals surface area contributed by atoms with E-state index in [0.29, 0.717) is 18.7 Å². The molecule has 1 aliphatic rings. The molecule has 0 saturated carbocycles. The molecule has 1 amide bonds. The summed E-state index contributed by atoms with van der Waals surface area (Å²) < 4.78 is 6.81. The largest absolute Gasteiger partial charge is 0.481 e. The van der Waals surface area contributed by atoms with E-state index >= 15 is 0 Å². The predicted octanol–water partition coefficient (Wildman–Crippen LogP) is 3.74. The van der Waals surface area contributed by atoms with Gasteiger partial charge in [0, 0.05) is 13.1 Å². The van der Waals surface area contributed by atoms with Gasteiger partial charge in [0.2, 0.25) is 0 Å². The Bertz CT molecular complexity index is 944. The topological polar surface area (TPSA) is 83.6 Å². The highest BCUT2D eigenvalue weighted by Crippen LogP contribution is 2.32. The third kappa shape index (κ3) is 3.10. The standard InChI is InChI=1S/C19H18N2O4S/c1-11-8-12(19(23)24)10-21(9-11)18(22)15-7-6-14(25-15)17-20-13-4-2-3-5-16(13)26-17/h2-7,11-12H,8-10H2,1H3,(H,23,24). The molecule has 0 bridgehead atoms. The number of hydrogen-bond donors (Lipinski definition) is 1. The van der Waals surface area contributed by atoms with Crippen molar-refractivity contribution in [3.8, 4) is 10.8 Å². The van der Waals surface area contributed by atoms with E-state index < -0.39 is 11.9 Å². The molecule has 0 spiro atoms. The van der Waals surface area contributed by atoms with Crippen molar-refractivity contribution in [2.45, 2.75) is 13.3 Å². The maximum Gasteiger partial charge on any atom is 0.308 e. The van der Waals surface area contributed by atoms with Crippen molar-refractivity contribution in [2.24, 2.45) is 11.8 Å². The average molecular weight is 370 g/mol. The van der Waals surface area contributed by atoms with Crippen molar-refractivity contribution in [3.05, 3.63) is 42.2 Å². The highest BCUT2D eigenvalue weighted by Gasteiger charge is 2.33. The molecule has 1 N–H and O–H groups in total. The number of fused-ring (bicyclic) bond motifs is 1. The molecule has 1 aliphatic heterocycles. The highest BCUT2D eigenvalue weighted by atomic mass is 32.1. The van der Waals surface area contributed by atoms with Crippen LogP contribution in [0, 0.1) is 11.8 Å². The smallest absolute Gasteiger partial charge is 0.308 e. The van der Waals surface area contributed by atoms with Crippen molar-refractivity contribution >= 4 is 33.4 Å². The molecule has 4 rings (SSSR count). The lowest BCUT2D eigenvalue weighted by molar-refractivity contribution is -0.143. The second-order valence-electron chi connectivity index (χ2n) is 6.74. The van der Waals surface area contributed by atoms with Crippen LogP contribution < -0.4 is 0 Å². The number of likely N-dealkylation sites (tertiary alicyclic amines) is 1. The number of carbonyl (C=O) groups excluding carboxylic acids is 1.